The molecule has 1 fully saturated rings. The molecule has 1 saturated heterocycles. The van der Waals surface area contributed by atoms with E-state index in [4.69, 9.17) is 4.74 Å². The van der Waals surface area contributed by atoms with E-state index in [-0.39, 0.29) is 24.7 Å². The number of anilines is 2. The number of carboxylic acids is 1. The Bertz CT molecular complexity index is 830. The van der Waals surface area contributed by atoms with Gasteiger partial charge in [-0.3, -0.25) is 9.59 Å². The molecule has 1 N–H and O–H groups in total. The Morgan fingerprint density at radius 2 is 1.81 bits per heavy atom. The number of carbonyl (C=O) groups is 3. The number of nitrogens with zero attached hydrogens (tertiary/aromatic N) is 1. The molecule has 3 rings (SSSR count). The summed E-state index contributed by atoms with van der Waals surface area (Å²) in [4.78, 5) is 36.6. The highest BCUT2D eigenvalue weighted by molar-refractivity contribution is 6.23. The van der Waals surface area contributed by atoms with E-state index >= 15 is 0 Å². The smallest absolute Gasteiger partial charge is 0.256 e. The van der Waals surface area contributed by atoms with Gasteiger partial charge in [0.1, 0.15) is 11.8 Å². The lowest BCUT2D eigenvalue weighted by atomic mass is 10.1. The van der Waals surface area contributed by atoms with Crippen LogP contribution in [0.4, 0.5) is 11.4 Å². The number of ether oxygens (including phenoxy) is 1. The largest absolute Gasteiger partial charge is 0.550 e. The van der Waals surface area contributed by atoms with Crippen LogP contribution < -0.4 is 20.1 Å². The number of aliphatic carboxylic acids is 1. The van der Waals surface area contributed by atoms with Crippen LogP contribution in [-0.4, -0.2) is 30.9 Å². The van der Waals surface area contributed by atoms with Crippen molar-refractivity contribution < 1.29 is 24.2 Å². The Labute approximate surface area is 150 Å². The Morgan fingerprint density at radius 1 is 1.15 bits per heavy atom. The minimum Gasteiger partial charge on any atom is -0.550 e. The van der Waals surface area contributed by atoms with Crippen molar-refractivity contribution in [3.63, 3.8) is 0 Å². The maximum absolute atomic E-state index is 12.6. The maximum Gasteiger partial charge on any atom is 0.256 e. The molecule has 2 amide bonds. The van der Waals surface area contributed by atoms with Crippen molar-refractivity contribution in [2.45, 2.75) is 18.9 Å². The quantitative estimate of drug-likeness (QED) is 0.769. The number of amides is 2. The molecule has 1 heterocycles. The first kappa shape index (κ1) is 17.5. The van der Waals surface area contributed by atoms with Crippen LogP contribution in [0.1, 0.15) is 12.0 Å². The van der Waals surface area contributed by atoms with Crippen molar-refractivity contribution >= 4 is 29.2 Å². The van der Waals surface area contributed by atoms with Crippen molar-refractivity contribution in [1.29, 1.82) is 0 Å². The summed E-state index contributed by atoms with van der Waals surface area (Å²) >= 11 is 0. The number of hydrogen-bond donors (Lipinski definition) is 1. The van der Waals surface area contributed by atoms with E-state index in [9.17, 15) is 19.5 Å². The molecular formula is C19H17N2O5-. The minimum absolute atomic E-state index is 0.0473. The van der Waals surface area contributed by atoms with E-state index in [2.05, 4.69) is 5.32 Å². The minimum atomic E-state index is -1.16. The van der Waals surface area contributed by atoms with Crippen LogP contribution >= 0.6 is 0 Å². The second-order valence-corrected chi connectivity index (χ2v) is 5.91. The van der Waals surface area contributed by atoms with Crippen LogP contribution in [0.3, 0.4) is 0 Å². The molecule has 134 valence electrons. The number of carboxylic acid groups (broad SMARTS) is 1. The van der Waals surface area contributed by atoms with E-state index in [0.717, 1.165) is 4.90 Å². The van der Waals surface area contributed by atoms with Gasteiger partial charge >= 0.3 is 0 Å². The normalized spacial score (nSPS) is 16.7. The van der Waals surface area contributed by atoms with Gasteiger partial charge in [0.05, 0.1) is 19.2 Å². The van der Waals surface area contributed by atoms with Gasteiger partial charge in [-0.1, -0.05) is 12.1 Å². The molecule has 0 aromatic heterocycles. The molecule has 0 unspecified atom stereocenters. The molecule has 1 atom stereocenters. The number of benzene rings is 2. The fraction of sp³-hybridized carbons (Fsp3) is 0.211. The van der Waals surface area contributed by atoms with Crippen molar-refractivity contribution in [3.05, 3.63) is 54.1 Å². The van der Waals surface area contributed by atoms with Gasteiger partial charge in [0.25, 0.3) is 5.91 Å². The highest BCUT2D eigenvalue weighted by Crippen LogP contribution is 2.26. The van der Waals surface area contributed by atoms with Gasteiger partial charge in [-0.2, -0.15) is 0 Å². The molecule has 1 aliphatic heterocycles. The fourth-order valence-corrected chi connectivity index (χ4v) is 2.83. The summed E-state index contributed by atoms with van der Waals surface area (Å²) in [6, 6.07) is 12.6. The van der Waals surface area contributed by atoms with Gasteiger partial charge in [-0.05, 0) is 42.0 Å². The molecule has 0 spiro atoms. The lowest BCUT2D eigenvalue weighted by Gasteiger charge is -2.16. The number of methoxy groups -OCH3 is 1. The van der Waals surface area contributed by atoms with Gasteiger partial charge in [0.15, 0.2) is 0 Å². The molecule has 1 aliphatic rings. The van der Waals surface area contributed by atoms with Crippen molar-refractivity contribution in [2.75, 3.05) is 17.3 Å². The monoisotopic (exact) mass is 353 g/mol. The third kappa shape index (κ3) is 3.66. The van der Waals surface area contributed by atoms with Crippen molar-refractivity contribution in [1.82, 2.24) is 0 Å². The van der Waals surface area contributed by atoms with E-state index < -0.39 is 12.0 Å². The summed E-state index contributed by atoms with van der Waals surface area (Å²) in [7, 11) is 1.54. The van der Waals surface area contributed by atoms with Crippen LogP contribution in [-0.2, 0) is 20.8 Å². The summed E-state index contributed by atoms with van der Waals surface area (Å²) in [6.45, 7) is 0. The molecule has 0 bridgehead atoms. The fourth-order valence-electron chi connectivity index (χ4n) is 2.83. The Hall–Kier alpha value is -3.35. The first-order valence-electron chi connectivity index (χ1n) is 8.04. The van der Waals surface area contributed by atoms with E-state index in [1.54, 1.807) is 55.6 Å². The number of nitrogens with one attached hydrogen (secondary N) is 1. The summed E-state index contributed by atoms with van der Waals surface area (Å²) in [5, 5.41) is 13.6. The van der Waals surface area contributed by atoms with Gasteiger partial charge < -0.3 is 20.0 Å². The first-order chi connectivity index (χ1) is 12.5. The number of imide groups is 1. The lowest BCUT2D eigenvalue weighted by Crippen LogP contribution is -2.34. The summed E-state index contributed by atoms with van der Waals surface area (Å²) in [5.74, 6) is -1.14. The van der Waals surface area contributed by atoms with Gasteiger partial charge in [-0.25, -0.2) is 4.90 Å². The average molecular weight is 353 g/mol. The molecule has 0 aliphatic carbocycles. The zero-order valence-electron chi connectivity index (χ0n) is 14.1. The molecule has 0 saturated carbocycles. The van der Waals surface area contributed by atoms with Crippen molar-refractivity contribution in [2.24, 2.45) is 0 Å². The highest BCUT2D eigenvalue weighted by Gasteiger charge is 2.39. The molecule has 26 heavy (non-hydrogen) atoms. The van der Waals surface area contributed by atoms with Crippen LogP contribution in [0.25, 0.3) is 0 Å². The predicted molar refractivity (Wildman–Crippen MR) is 92.7 cm³/mol. The second kappa shape index (κ2) is 7.26. The van der Waals surface area contributed by atoms with E-state index in [0.29, 0.717) is 22.7 Å². The lowest BCUT2D eigenvalue weighted by molar-refractivity contribution is -0.304. The SMILES string of the molecule is COc1ccc(N2C(=O)C[C@H](Nc3ccc(CC(=O)[O-])cc3)C2=O)cc1. The highest BCUT2D eigenvalue weighted by atomic mass is 16.5. The molecular weight excluding hydrogens is 336 g/mol. The third-order valence-corrected chi connectivity index (χ3v) is 4.12. The van der Waals surface area contributed by atoms with E-state index in [1.165, 1.54) is 0 Å². The first-order valence-corrected chi connectivity index (χ1v) is 8.04. The number of carbonyl (C=O) groups excluding carboxylic acids is 3. The molecule has 2 aromatic rings. The topological polar surface area (TPSA) is 98.8 Å². The number of hydrogen-bond acceptors (Lipinski definition) is 6. The van der Waals surface area contributed by atoms with Crippen LogP contribution in [0, 0.1) is 0 Å². The van der Waals surface area contributed by atoms with Gasteiger partial charge in [0, 0.05) is 18.1 Å². The molecule has 0 radical (unpaired) electrons. The maximum atomic E-state index is 12.6. The van der Waals surface area contributed by atoms with E-state index in [1.807, 2.05) is 0 Å². The van der Waals surface area contributed by atoms with Crippen LogP contribution in [0.5, 0.6) is 5.75 Å². The third-order valence-electron chi connectivity index (χ3n) is 4.12. The predicted octanol–water partition coefficient (Wildman–Crippen LogP) is 0.732. The Balaban J connectivity index is 1.71. The second-order valence-electron chi connectivity index (χ2n) is 5.91. The molecule has 2 aromatic carbocycles. The zero-order valence-corrected chi connectivity index (χ0v) is 14.1. The summed E-state index contributed by atoms with van der Waals surface area (Å²) in [5.41, 5.74) is 1.73. The van der Waals surface area contributed by atoms with Crippen molar-refractivity contribution in [3.8, 4) is 5.75 Å². The van der Waals surface area contributed by atoms with Gasteiger partial charge in [0.2, 0.25) is 5.91 Å². The summed E-state index contributed by atoms with van der Waals surface area (Å²) < 4.78 is 5.08. The zero-order chi connectivity index (χ0) is 18.7. The standard InChI is InChI=1S/C19H18N2O5/c1-26-15-8-6-14(7-9-15)21-17(22)11-16(19(21)25)20-13-4-2-12(3-5-13)10-18(23)24/h2-9,16,20H,10-11H2,1H3,(H,23,24)/p-1/t16-/m0/s1. The number of rotatable bonds is 6. The van der Waals surface area contributed by atoms with Crippen LogP contribution in [0.2, 0.25) is 0 Å². The summed E-state index contributed by atoms with van der Waals surface area (Å²) in [6.07, 6.45) is -0.127. The average Bonchev–Trinajstić information content (AvgIpc) is 2.90. The Kier molecular flexibility index (Phi) is 4.88. The Morgan fingerprint density at radius 3 is 2.38 bits per heavy atom. The molecule has 7 heteroatoms. The molecule has 7 nitrogen and oxygen atoms in total. The van der Waals surface area contributed by atoms with Gasteiger partial charge in [-0.15, -0.1) is 0 Å². The van der Waals surface area contributed by atoms with Crippen LogP contribution in [0.15, 0.2) is 48.5 Å².